The Morgan fingerprint density at radius 2 is 1.70 bits per heavy atom. The van der Waals surface area contributed by atoms with Crippen molar-refractivity contribution in [2.24, 2.45) is 17.6 Å². The molecule has 1 aliphatic rings. The number of fused-ring (bicyclic) bond motifs is 3. The monoisotopic (exact) mass is 645 g/mol. The standard InChI is InChI=1S/C33H42Cl2FN5O3/c1-5-18(3)27(30(37)42)40-32(44)33(13-11-26-24(17-33)23-15-21(34)16-25(35)29(23)39-26)41-31(43)28(19(4)6-2)38-14-12-20-7-9-22(36)10-8-20/h7-10,15-16,18-19,27-28,38-39H,5-6,11-14,17H2,1-4H3,(H2,37,42)(H,40,44)(H,41,43)/t18?,19?,27-,28-,33+/m0/s1. The number of amides is 3. The van der Waals surface area contributed by atoms with E-state index < -0.39 is 29.4 Å². The van der Waals surface area contributed by atoms with Gasteiger partial charge in [0.2, 0.25) is 17.7 Å². The summed E-state index contributed by atoms with van der Waals surface area (Å²) in [6.45, 7) is 8.24. The summed E-state index contributed by atoms with van der Waals surface area (Å²) >= 11 is 12.9. The van der Waals surface area contributed by atoms with Crippen LogP contribution in [0.2, 0.25) is 10.0 Å². The van der Waals surface area contributed by atoms with E-state index in [2.05, 4.69) is 20.9 Å². The Morgan fingerprint density at radius 1 is 1.05 bits per heavy atom. The Balaban J connectivity index is 1.66. The van der Waals surface area contributed by atoms with Crippen molar-refractivity contribution in [3.8, 4) is 0 Å². The smallest absolute Gasteiger partial charge is 0.246 e. The first-order valence-electron chi connectivity index (χ1n) is 15.3. The van der Waals surface area contributed by atoms with Gasteiger partial charge in [0.15, 0.2) is 0 Å². The molecular weight excluding hydrogens is 604 g/mol. The number of halogens is 3. The summed E-state index contributed by atoms with van der Waals surface area (Å²) in [5.74, 6) is -1.95. The van der Waals surface area contributed by atoms with E-state index in [0.717, 1.165) is 34.1 Å². The third-order valence-electron chi connectivity index (χ3n) is 9.09. The van der Waals surface area contributed by atoms with Crippen LogP contribution in [-0.2, 0) is 33.6 Å². The van der Waals surface area contributed by atoms with Crippen molar-refractivity contribution < 1.29 is 18.8 Å². The maximum absolute atomic E-state index is 14.2. The van der Waals surface area contributed by atoms with Gasteiger partial charge in [0.1, 0.15) is 17.4 Å². The second-order valence-electron chi connectivity index (χ2n) is 12.1. The zero-order chi connectivity index (χ0) is 32.2. The molecule has 2 unspecified atom stereocenters. The van der Waals surface area contributed by atoms with Gasteiger partial charge >= 0.3 is 0 Å². The number of H-pyrrole nitrogens is 1. The molecule has 0 spiro atoms. The number of nitrogens with one attached hydrogen (secondary N) is 4. The van der Waals surface area contributed by atoms with Gasteiger partial charge in [0, 0.05) is 22.5 Å². The Kier molecular flexibility index (Phi) is 11.0. The van der Waals surface area contributed by atoms with Crippen molar-refractivity contribution in [2.75, 3.05) is 6.54 Å². The highest BCUT2D eigenvalue weighted by molar-refractivity contribution is 6.38. The molecule has 0 saturated carbocycles. The summed E-state index contributed by atoms with van der Waals surface area (Å²) in [5, 5.41) is 11.1. The first-order chi connectivity index (χ1) is 20.9. The van der Waals surface area contributed by atoms with E-state index in [1.54, 1.807) is 24.3 Å². The highest BCUT2D eigenvalue weighted by Crippen LogP contribution is 2.38. The molecule has 2 aromatic carbocycles. The number of benzene rings is 2. The fourth-order valence-electron chi connectivity index (χ4n) is 5.96. The van der Waals surface area contributed by atoms with Gasteiger partial charge in [-0.25, -0.2) is 4.39 Å². The van der Waals surface area contributed by atoms with Gasteiger partial charge < -0.3 is 26.7 Å². The average molecular weight is 647 g/mol. The van der Waals surface area contributed by atoms with E-state index >= 15 is 0 Å². The Bertz CT molecular complexity index is 1510. The highest BCUT2D eigenvalue weighted by atomic mass is 35.5. The van der Waals surface area contributed by atoms with Crippen molar-refractivity contribution in [1.82, 2.24) is 20.9 Å². The predicted molar refractivity (Wildman–Crippen MR) is 173 cm³/mol. The molecule has 11 heteroatoms. The number of hydrogen-bond donors (Lipinski definition) is 5. The summed E-state index contributed by atoms with van der Waals surface area (Å²) in [4.78, 5) is 44.1. The predicted octanol–water partition coefficient (Wildman–Crippen LogP) is 5.22. The fraction of sp³-hybridized carbons (Fsp3) is 0.485. The number of rotatable bonds is 13. The molecule has 3 amide bonds. The number of aromatic amines is 1. The average Bonchev–Trinajstić information content (AvgIpc) is 3.35. The van der Waals surface area contributed by atoms with Gasteiger partial charge in [-0.05, 0) is 73.0 Å². The van der Waals surface area contributed by atoms with Gasteiger partial charge in [-0.3, -0.25) is 14.4 Å². The first kappa shape index (κ1) is 33.7. The lowest BCUT2D eigenvalue weighted by Gasteiger charge is -2.39. The lowest BCUT2D eigenvalue weighted by Crippen LogP contribution is -2.67. The normalized spacial score (nSPS) is 19.1. The molecule has 6 N–H and O–H groups in total. The van der Waals surface area contributed by atoms with Gasteiger partial charge in [-0.1, -0.05) is 75.9 Å². The first-order valence-corrected chi connectivity index (χ1v) is 16.0. The fourth-order valence-corrected chi connectivity index (χ4v) is 6.50. The minimum absolute atomic E-state index is 0.0494. The summed E-state index contributed by atoms with van der Waals surface area (Å²) in [6.07, 6.45) is 2.88. The largest absolute Gasteiger partial charge is 0.368 e. The van der Waals surface area contributed by atoms with Crippen LogP contribution in [0.4, 0.5) is 4.39 Å². The molecule has 0 bridgehead atoms. The second kappa shape index (κ2) is 14.3. The van der Waals surface area contributed by atoms with Crippen LogP contribution >= 0.6 is 23.2 Å². The van der Waals surface area contributed by atoms with Gasteiger partial charge in [0.05, 0.1) is 16.6 Å². The van der Waals surface area contributed by atoms with E-state index in [1.165, 1.54) is 12.1 Å². The minimum Gasteiger partial charge on any atom is -0.368 e. The zero-order valence-electron chi connectivity index (χ0n) is 25.7. The molecule has 5 atom stereocenters. The maximum atomic E-state index is 14.2. The SMILES string of the molecule is CCC(C)[C@H](NC(=O)[C@@]1(NC(=O)[C@@H](NCCc2ccc(F)cc2)C(C)CC)CCc2[nH]c3c(Cl)cc(Cl)cc3c2C1)C(N)=O. The van der Waals surface area contributed by atoms with Crippen LogP contribution in [0.5, 0.6) is 0 Å². The summed E-state index contributed by atoms with van der Waals surface area (Å²) in [7, 11) is 0. The van der Waals surface area contributed by atoms with Crippen LogP contribution in [0.3, 0.4) is 0 Å². The maximum Gasteiger partial charge on any atom is 0.246 e. The van der Waals surface area contributed by atoms with Crippen LogP contribution in [-0.4, -0.2) is 46.9 Å². The quantitative estimate of drug-likeness (QED) is 0.174. The molecule has 0 aliphatic heterocycles. The molecule has 0 fully saturated rings. The molecule has 1 aliphatic carbocycles. The van der Waals surface area contributed by atoms with Gasteiger partial charge in [0.25, 0.3) is 0 Å². The Hall–Kier alpha value is -3.14. The number of carbonyl (C=O) groups excluding carboxylic acids is 3. The second-order valence-corrected chi connectivity index (χ2v) is 12.9. The lowest BCUT2D eigenvalue weighted by molar-refractivity contribution is -0.137. The number of carbonyl (C=O) groups is 3. The highest BCUT2D eigenvalue weighted by Gasteiger charge is 2.46. The third kappa shape index (κ3) is 7.38. The Labute approximate surface area is 268 Å². The third-order valence-corrected chi connectivity index (χ3v) is 9.61. The van der Waals surface area contributed by atoms with E-state index in [1.807, 2.05) is 27.7 Å². The van der Waals surface area contributed by atoms with Crippen molar-refractivity contribution >= 4 is 51.8 Å². The van der Waals surface area contributed by atoms with Gasteiger partial charge in [-0.15, -0.1) is 0 Å². The molecular formula is C33H42Cl2FN5O3. The van der Waals surface area contributed by atoms with Crippen LogP contribution in [0.1, 0.15) is 63.8 Å². The molecule has 8 nitrogen and oxygen atoms in total. The molecule has 0 radical (unpaired) electrons. The van der Waals surface area contributed by atoms with E-state index in [0.29, 0.717) is 42.3 Å². The van der Waals surface area contributed by atoms with Gasteiger partial charge in [-0.2, -0.15) is 0 Å². The zero-order valence-corrected chi connectivity index (χ0v) is 27.2. The van der Waals surface area contributed by atoms with Crippen molar-refractivity contribution in [1.29, 1.82) is 0 Å². The molecule has 238 valence electrons. The number of hydrogen-bond acceptors (Lipinski definition) is 4. The lowest BCUT2D eigenvalue weighted by atomic mass is 9.78. The van der Waals surface area contributed by atoms with Crippen LogP contribution in [0, 0.1) is 17.7 Å². The molecule has 1 heterocycles. The van der Waals surface area contributed by atoms with Crippen LogP contribution in [0.25, 0.3) is 10.9 Å². The molecule has 44 heavy (non-hydrogen) atoms. The minimum atomic E-state index is -1.36. The molecule has 3 aromatic rings. The summed E-state index contributed by atoms with van der Waals surface area (Å²) < 4.78 is 13.4. The van der Waals surface area contributed by atoms with Crippen molar-refractivity contribution in [3.05, 3.63) is 69.1 Å². The molecule has 0 saturated heterocycles. The summed E-state index contributed by atoms with van der Waals surface area (Å²) in [6, 6.07) is 8.25. The van der Waals surface area contributed by atoms with Crippen LogP contribution < -0.4 is 21.7 Å². The molecule has 1 aromatic heterocycles. The number of aromatic nitrogens is 1. The molecule has 4 rings (SSSR count). The van der Waals surface area contributed by atoms with Crippen molar-refractivity contribution in [2.45, 2.75) is 83.8 Å². The van der Waals surface area contributed by atoms with Crippen LogP contribution in [0.15, 0.2) is 36.4 Å². The van der Waals surface area contributed by atoms with E-state index in [4.69, 9.17) is 28.9 Å². The van der Waals surface area contributed by atoms with Crippen molar-refractivity contribution in [3.63, 3.8) is 0 Å². The van der Waals surface area contributed by atoms with E-state index in [-0.39, 0.29) is 30.0 Å². The Morgan fingerprint density at radius 3 is 2.34 bits per heavy atom. The summed E-state index contributed by atoms with van der Waals surface area (Å²) in [5.41, 5.74) is 7.78. The topological polar surface area (TPSA) is 129 Å². The number of aryl methyl sites for hydroxylation is 1. The van der Waals surface area contributed by atoms with E-state index in [9.17, 15) is 18.8 Å². The number of primary amides is 1. The number of nitrogens with two attached hydrogens (primary N) is 1.